The summed E-state index contributed by atoms with van der Waals surface area (Å²) in [6.07, 6.45) is 1.21. The van der Waals surface area contributed by atoms with Crippen LogP contribution in [0.3, 0.4) is 0 Å². The Bertz CT molecular complexity index is 1150. The zero-order valence-electron chi connectivity index (χ0n) is 15.9. The molecule has 0 unspecified atom stereocenters. The maximum absolute atomic E-state index is 12.4. The Morgan fingerprint density at radius 2 is 1.73 bits per heavy atom. The zero-order valence-corrected chi connectivity index (χ0v) is 15.9. The topological polar surface area (TPSA) is 121 Å². The number of esters is 1. The molecule has 0 saturated carbocycles. The van der Waals surface area contributed by atoms with Gasteiger partial charge in [-0.15, -0.1) is 0 Å². The van der Waals surface area contributed by atoms with Gasteiger partial charge in [-0.2, -0.15) is 0 Å². The monoisotopic (exact) mass is 407 g/mol. The van der Waals surface area contributed by atoms with Gasteiger partial charge >= 0.3 is 17.2 Å². The third kappa shape index (κ3) is 4.58. The fraction of sp³-hybridized carbons (Fsp3) is 0.0952. The van der Waals surface area contributed by atoms with Crippen molar-refractivity contribution in [2.75, 3.05) is 12.4 Å². The number of rotatable bonds is 6. The van der Waals surface area contributed by atoms with E-state index in [1.807, 2.05) is 6.07 Å². The fourth-order valence-electron chi connectivity index (χ4n) is 2.78. The van der Waals surface area contributed by atoms with Crippen molar-refractivity contribution in [1.29, 1.82) is 0 Å². The molecule has 0 spiro atoms. The van der Waals surface area contributed by atoms with Gasteiger partial charge in [-0.25, -0.2) is 4.79 Å². The predicted octanol–water partition coefficient (Wildman–Crippen LogP) is 2.84. The van der Waals surface area contributed by atoms with Gasteiger partial charge in [-0.3, -0.25) is 19.7 Å². The Labute approximate surface area is 170 Å². The van der Waals surface area contributed by atoms with Gasteiger partial charge in [0, 0.05) is 23.5 Å². The number of para-hydroxylation sites is 1. The molecule has 0 fully saturated rings. The lowest BCUT2D eigenvalue weighted by atomic mass is 10.1. The SMILES string of the molecule is COC(=O)c1cc([N+](=O)[O-])c(=O)n(Cc2ccc(C(=O)Nc3ccccc3)cc2)c1. The van der Waals surface area contributed by atoms with Gasteiger partial charge in [0.2, 0.25) is 0 Å². The molecule has 3 rings (SSSR count). The van der Waals surface area contributed by atoms with Gasteiger partial charge in [-0.05, 0) is 29.8 Å². The maximum Gasteiger partial charge on any atom is 0.339 e. The zero-order chi connectivity index (χ0) is 21.7. The van der Waals surface area contributed by atoms with Crippen molar-refractivity contribution in [3.8, 4) is 0 Å². The third-order valence-corrected chi connectivity index (χ3v) is 4.29. The van der Waals surface area contributed by atoms with Gasteiger partial charge < -0.3 is 14.6 Å². The first-order valence-corrected chi connectivity index (χ1v) is 8.81. The molecule has 3 aromatic rings. The van der Waals surface area contributed by atoms with E-state index in [-0.39, 0.29) is 18.0 Å². The number of hydrogen-bond acceptors (Lipinski definition) is 6. The summed E-state index contributed by atoms with van der Waals surface area (Å²) in [5, 5.41) is 13.9. The summed E-state index contributed by atoms with van der Waals surface area (Å²) in [5.74, 6) is -1.09. The summed E-state index contributed by atoms with van der Waals surface area (Å²) < 4.78 is 5.64. The first-order valence-electron chi connectivity index (χ1n) is 8.81. The van der Waals surface area contributed by atoms with E-state index in [4.69, 9.17) is 0 Å². The molecule has 1 amide bonds. The smallest absolute Gasteiger partial charge is 0.339 e. The number of benzene rings is 2. The van der Waals surface area contributed by atoms with Crippen LogP contribution in [-0.4, -0.2) is 28.5 Å². The van der Waals surface area contributed by atoms with E-state index in [1.54, 1.807) is 48.5 Å². The van der Waals surface area contributed by atoms with Crippen LogP contribution in [0.25, 0.3) is 0 Å². The molecule has 0 radical (unpaired) electrons. The van der Waals surface area contributed by atoms with Crippen molar-refractivity contribution in [1.82, 2.24) is 4.57 Å². The van der Waals surface area contributed by atoms with Crippen LogP contribution in [0.15, 0.2) is 71.7 Å². The van der Waals surface area contributed by atoms with E-state index in [1.165, 1.54) is 6.20 Å². The van der Waals surface area contributed by atoms with E-state index in [0.29, 0.717) is 16.8 Å². The molecule has 1 aromatic heterocycles. The minimum absolute atomic E-state index is 0.0227. The van der Waals surface area contributed by atoms with Crippen LogP contribution in [0.1, 0.15) is 26.3 Å². The van der Waals surface area contributed by atoms with Crippen molar-refractivity contribution in [3.05, 3.63) is 104 Å². The molecule has 0 aliphatic carbocycles. The molecular formula is C21H17N3O6. The molecular weight excluding hydrogens is 390 g/mol. The number of nitrogens with zero attached hydrogens (tertiary/aromatic N) is 2. The van der Waals surface area contributed by atoms with Crippen molar-refractivity contribution < 1.29 is 19.2 Å². The quantitative estimate of drug-likeness (QED) is 0.381. The number of amides is 1. The Hall–Kier alpha value is -4.27. The highest BCUT2D eigenvalue weighted by atomic mass is 16.6. The average Bonchev–Trinajstić information content (AvgIpc) is 2.75. The highest BCUT2D eigenvalue weighted by Gasteiger charge is 2.20. The van der Waals surface area contributed by atoms with E-state index >= 15 is 0 Å². The molecule has 0 atom stereocenters. The largest absolute Gasteiger partial charge is 0.465 e. The first kappa shape index (κ1) is 20.5. The minimum Gasteiger partial charge on any atom is -0.465 e. The maximum atomic E-state index is 12.4. The van der Waals surface area contributed by atoms with E-state index in [2.05, 4.69) is 10.1 Å². The van der Waals surface area contributed by atoms with Crippen molar-refractivity contribution in [2.24, 2.45) is 0 Å². The Morgan fingerprint density at radius 3 is 2.33 bits per heavy atom. The number of ether oxygens (including phenoxy) is 1. The number of hydrogen-bond donors (Lipinski definition) is 1. The second kappa shape index (κ2) is 8.82. The van der Waals surface area contributed by atoms with Crippen LogP contribution in [0.5, 0.6) is 0 Å². The standard InChI is InChI=1S/C21H17N3O6/c1-30-21(27)16-11-18(24(28)29)20(26)23(13-16)12-14-7-9-15(10-8-14)19(25)22-17-5-3-2-4-6-17/h2-11,13H,12H2,1H3,(H,22,25). The minimum atomic E-state index is -0.849. The lowest BCUT2D eigenvalue weighted by molar-refractivity contribution is -0.386. The van der Waals surface area contributed by atoms with Gasteiger partial charge in [0.1, 0.15) is 0 Å². The number of nitrogens with one attached hydrogen (secondary N) is 1. The highest BCUT2D eigenvalue weighted by Crippen LogP contribution is 2.13. The number of aromatic nitrogens is 1. The average molecular weight is 407 g/mol. The van der Waals surface area contributed by atoms with Gasteiger partial charge in [0.05, 0.1) is 24.1 Å². The normalized spacial score (nSPS) is 10.3. The molecule has 152 valence electrons. The predicted molar refractivity (Wildman–Crippen MR) is 109 cm³/mol. The molecule has 9 nitrogen and oxygen atoms in total. The fourth-order valence-corrected chi connectivity index (χ4v) is 2.78. The van der Waals surface area contributed by atoms with Crippen LogP contribution >= 0.6 is 0 Å². The van der Waals surface area contributed by atoms with E-state index in [9.17, 15) is 24.5 Å². The van der Waals surface area contributed by atoms with Crippen LogP contribution in [0, 0.1) is 10.1 Å². The summed E-state index contributed by atoms with van der Waals surface area (Å²) in [6, 6.07) is 16.3. The third-order valence-electron chi connectivity index (χ3n) is 4.29. The Balaban J connectivity index is 1.83. The van der Waals surface area contributed by atoms with Crippen LogP contribution in [0.2, 0.25) is 0 Å². The Kier molecular flexibility index (Phi) is 6.02. The molecule has 30 heavy (non-hydrogen) atoms. The van der Waals surface area contributed by atoms with Crippen LogP contribution in [-0.2, 0) is 11.3 Å². The lowest BCUT2D eigenvalue weighted by Gasteiger charge is -2.09. The van der Waals surface area contributed by atoms with Gasteiger partial charge in [0.25, 0.3) is 5.91 Å². The summed E-state index contributed by atoms with van der Waals surface area (Å²) >= 11 is 0. The summed E-state index contributed by atoms with van der Waals surface area (Å²) in [6.45, 7) is -0.0227. The number of pyridine rings is 1. The molecule has 0 aliphatic heterocycles. The molecule has 2 aromatic carbocycles. The summed E-state index contributed by atoms with van der Waals surface area (Å²) in [4.78, 5) is 46.8. The van der Waals surface area contributed by atoms with Crippen molar-refractivity contribution >= 4 is 23.3 Å². The van der Waals surface area contributed by atoms with Gasteiger partial charge in [0.15, 0.2) is 0 Å². The summed E-state index contributed by atoms with van der Waals surface area (Å²) in [5.41, 5.74) is -0.00283. The molecule has 1 heterocycles. The summed E-state index contributed by atoms with van der Waals surface area (Å²) in [7, 11) is 1.14. The number of carbonyl (C=O) groups excluding carboxylic acids is 2. The molecule has 0 aliphatic rings. The van der Waals surface area contributed by atoms with Crippen molar-refractivity contribution in [3.63, 3.8) is 0 Å². The molecule has 0 bridgehead atoms. The van der Waals surface area contributed by atoms with E-state index < -0.39 is 22.1 Å². The molecule has 1 N–H and O–H groups in total. The number of nitro groups is 1. The van der Waals surface area contributed by atoms with Crippen LogP contribution in [0.4, 0.5) is 11.4 Å². The number of anilines is 1. The van der Waals surface area contributed by atoms with E-state index in [0.717, 1.165) is 17.7 Å². The van der Waals surface area contributed by atoms with Crippen molar-refractivity contribution in [2.45, 2.75) is 6.54 Å². The Morgan fingerprint density at radius 1 is 1.07 bits per heavy atom. The number of methoxy groups -OCH3 is 1. The lowest BCUT2D eigenvalue weighted by Crippen LogP contribution is -2.24. The second-order valence-corrected chi connectivity index (χ2v) is 6.31. The second-order valence-electron chi connectivity index (χ2n) is 6.31. The number of carbonyl (C=O) groups is 2. The van der Waals surface area contributed by atoms with Gasteiger partial charge in [-0.1, -0.05) is 30.3 Å². The first-order chi connectivity index (χ1) is 14.4. The molecule has 0 saturated heterocycles. The molecule has 9 heteroatoms. The highest BCUT2D eigenvalue weighted by molar-refractivity contribution is 6.04. The van der Waals surface area contributed by atoms with Crippen LogP contribution < -0.4 is 10.9 Å².